The van der Waals surface area contributed by atoms with Crippen LogP contribution in [0.3, 0.4) is 0 Å². The fraction of sp³-hybridized carbons (Fsp3) is 0.500. The van der Waals surface area contributed by atoms with E-state index in [0.717, 1.165) is 25.0 Å². The van der Waals surface area contributed by atoms with Gasteiger partial charge < -0.3 is 5.32 Å². The maximum atomic E-state index is 4.24. The summed E-state index contributed by atoms with van der Waals surface area (Å²) in [5.41, 5.74) is 3.73. The lowest BCUT2D eigenvalue weighted by Gasteiger charge is -2.26. The molecule has 0 unspecified atom stereocenters. The Kier molecular flexibility index (Phi) is 7.28. The van der Waals surface area contributed by atoms with Crippen molar-refractivity contribution in [1.29, 1.82) is 0 Å². The molecule has 1 rings (SSSR count). The van der Waals surface area contributed by atoms with Crippen LogP contribution in [0.25, 0.3) is 0 Å². The van der Waals surface area contributed by atoms with Crippen molar-refractivity contribution in [3.8, 4) is 0 Å². The van der Waals surface area contributed by atoms with Gasteiger partial charge in [0.1, 0.15) is 0 Å². The number of hydrogen-bond acceptors (Lipinski definition) is 1. The number of rotatable bonds is 9. The van der Waals surface area contributed by atoms with Crippen LogP contribution in [0.5, 0.6) is 0 Å². The van der Waals surface area contributed by atoms with E-state index in [4.69, 9.17) is 0 Å². The van der Waals surface area contributed by atoms with Crippen LogP contribution in [-0.4, -0.2) is 6.04 Å². The molecule has 1 N–H and O–H groups in total. The summed E-state index contributed by atoms with van der Waals surface area (Å²) in [6.45, 7) is 17.2. The van der Waals surface area contributed by atoms with Gasteiger partial charge >= 0.3 is 0 Å². The van der Waals surface area contributed by atoms with Crippen LogP contribution in [0.2, 0.25) is 0 Å². The van der Waals surface area contributed by atoms with Gasteiger partial charge in [-0.25, -0.2) is 0 Å². The summed E-state index contributed by atoms with van der Waals surface area (Å²) < 4.78 is 0. The van der Waals surface area contributed by atoms with E-state index < -0.39 is 0 Å². The quantitative estimate of drug-likeness (QED) is 0.603. The molecule has 0 aliphatic rings. The van der Waals surface area contributed by atoms with Crippen LogP contribution >= 0.6 is 0 Å². The van der Waals surface area contributed by atoms with Gasteiger partial charge in [-0.05, 0) is 43.6 Å². The summed E-state index contributed by atoms with van der Waals surface area (Å²) >= 11 is 0. The molecule has 0 aromatic heterocycles. The van der Waals surface area contributed by atoms with E-state index in [2.05, 4.69) is 76.5 Å². The lowest BCUT2D eigenvalue weighted by molar-refractivity contribution is 0.457. The fourth-order valence-electron chi connectivity index (χ4n) is 2.42. The van der Waals surface area contributed by atoms with Crippen molar-refractivity contribution in [2.45, 2.75) is 53.0 Å². The molecular formula is C20H31N. The van der Waals surface area contributed by atoms with Gasteiger partial charge in [0.2, 0.25) is 0 Å². The molecule has 0 radical (unpaired) electrons. The highest BCUT2D eigenvalue weighted by atomic mass is 14.9. The van der Waals surface area contributed by atoms with Gasteiger partial charge in [0.15, 0.2) is 0 Å². The van der Waals surface area contributed by atoms with Gasteiger partial charge in [-0.2, -0.15) is 0 Å². The largest absolute Gasteiger partial charge is 0.382 e. The topological polar surface area (TPSA) is 12.0 Å². The molecule has 0 saturated carbocycles. The van der Waals surface area contributed by atoms with Crippen LogP contribution in [0.15, 0.2) is 54.8 Å². The standard InChI is InChI=1S/C20H31N/c1-15(2)14-20(16(3)4)21-18(6)17(5)12-13-19-10-8-7-9-11-19/h7-11,15,17,20-21H,3,6,12-14H2,1-2,4-5H3/t17-,20-/m0/s1. The van der Waals surface area contributed by atoms with E-state index in [1.807, 2.05) is 0 Å². The van der Waals surface area contributed by atoms with E-state index in [1.165, 1.54) is 11.1 Å². The second-order valence-electron chi connectivity index (χ2n) is 6.62. The summed E-state index contributed by atoms with van der Waals surface area (Å²) in [6, 6.07) is 11.0. The van der Waals surface area contributed by atoms with Crippen molar-refractivity contribution in [1.82, 2.24) is 5.32 Å². The Morgan fingerprint density at radius 1 is 1.10 bits per heavy atom. The zero-order chi connectivity index (χ0) is 15.8. The molecule has 2 atom stereocenters. The van der Waals surface area contributed by atoms with E-state index >= 15 is 0 Å². The first-order valence-electron chi connectivity index (χ1n) is 8.04. The van der Waals surface area contributed by atoms with Gasteiger partial charge in [-0.3, -0.25) is 0 Å². The number of nitrogens with one attached hydrogen (secondary N) is 1. The molecule has 0 aliphatic carbocycles. The van der Waals surface area contributed by atoms with Crippen LogP contribution < -0.4 is 5.32 Å². The maximum Gasteiger partial charge on any atom is 0.0467 e. The van der Waals surface area contributed by atoms with E-state index in [-0.39, 0.29) is 0 Å². The summed E-state index contributed by atoms with van der Waals surface area (Å²) in [4.78, 5) is 0. The summed E-state index contributed by atoms with van der Waals surface area (Å²) in [5.74, 6) is 1.13. The van der Waals surface area contributed by atoms with Gasteiger partial charge in [0.05, 0.1) is 0 Å². The highest BCUT2D eigenvalue weighted by Crippen LogP contribution is 2.18. The van der Waals surface area contributed by atoms with Gasteiger partial charge in [-0.1, -0.05) is 69.8 Å². The first kappa shape index (κ1) is 17.6. The minimum absolute atomic E-state index is 0.344. The molecule has 1 heteroatoms. The summed E-state index contributed by atoms with van der Waals surface area (Å²) in [6.07, 6.45) is 3.34. The van der Waals surface area contributed by atoms with Crippen molar-refractivity contribution < 1.29 is 0 Å². The molecule has 1 nitrogen and oxygen atoms in total. The smallest absolute Gasteiger partial charge is 0.0467 e. The molecule has 0 aliphatic heterocycles. The van der Waals surface area contributed by atoms with Crippen LogP contribution in [-0.2, 0) is 6.42 Å². The Hall–Kier alpha value is -1.50. The monoisotopic (exact) mass is 285 g/mol. The molecule has 1 aromatic carbocycles. The minimum atomic E-state index is 0.344. The second kappa shape index (κ2) is 8.71. The zero-order valence-corrected chi connectivity index (χ0v) is 14.2. The Bertz CT molecular complexity index is 444. The minimum Gasteiger partial charge on any atom is -0.382 e. The second-order valence-corrected chi connectivity index (χ2v) is 6.62. The van der Waals surface area contributed by atoms with Crippen LogP contribution in [0.4, 0.5) is 0 Å². The number of benzene rings is 1. The molecule has 116 valence electrons. The lowest BCUT2D eigenvalue weighted by atomic mass is 9.95. The average molecular weight is 285 g/mol. The van der Waals surface area contributed by atoms with Gasteiger partial charge in [0, 0.05) is 11.7 Å². The van der Waals surface area contributed by atoms with E-state index in [0.29, 0.717) is 17.9 Å². The third-order valence-electron chi connectivity index (χ3n) is 3.97. The molecule has 1 aromatic rings. The summed E-state index contributed by atoms with van der Waals surface area (Å²) in [5, 5.41) is 3.59. The predicted octanol–water partition coefficient (Wildman–Crippen LogP) is 5.35. The maximum absolute atomic E-state index is 4.24. The molecule has 0 heterocycles. The molecular weight excluding hydrogens is 254 g/mol. The lowest BCUT2D eigenvalue weighted by Crippen LogP contribution is -2.32. The van der Waals surface area contributed by atoms with Crippen molar-refractivity contribution in [3.63, 3.8) is 0 Å². The normalized spacial score (nSPS) is 13.8. The van der Waals surface area contributed by atoms with Crippen molar-refractivity contribution in [2.24, 2.45) is 11.8 Å². The Morgan fingerprint density at radius 3 is 2.24 bits per heavy atom. The number of aryl methyl sites for hydroxylation is 1. The molecule has 0 amide bonds. The molecule has 0 saturated heterocycles. The van der Waals surface area contributed by atoms with E-state index in [9.17, 15) is 0 Å². The third-order valence-corrected chi connectivity index (χ3v) is 3.97. The van der Waals surface area contributed by atoms with Crippen LogP contribution in [0, 0.1) is 11.8 Å². The molecule has 0 spiro atoms. The average Bonchev–Trinajstić information content (AvgIpc) is 2.44. The fourth-order valence-corrected chi connectivity index (χ4v) is 2.42. The summed E-state index contributed by atoms with van der Waals surface area (Å²) in [7, 11) is 0. The van der Waals surface area contributed by atoms with Gasteiger partial charge in [0.25, 0.3) is 0 Å². The highest BCUT2D eigenvalue weighted by Gasteiger charge is 2.15. The Labute approximate surface area is 131 Å². The predicted molar refractivity (Wildman–Crippen MR) is 94.3 cm³/mol. The SMILES string of the molecule is C=C(C)[C@H](CC(C)C)NC(=C)[C@@H](C)CCc1ccccc1. The van der Waals surface area contributed by atoms with Crippen LogP contribution in [0.1, 0.15) is 46.1 Å². The van der Waals surface area contributed by atoms with Crippen molar-refractivity contribution in [3.05, 3.63) is 60.3 Å². The molecule has 0 bridgehead atoms. The first-order chi connectivity index (χ1) is 9.90. The Balaban J connectivity index is 2.47. The van der Waals surface area contributed by atoms with E-state index in [1.54, 1.807) is 0 Å². The number of allylic oxidation sites excluding steroid dienone is 1. The van der Waals surface area contributed by atoms with Gasteiger partial charge in [-0.15, -0.1) is 0 Å². The van der Waals surface area contributed by atoms with Crippen molar-refractivity contribution >= 4 is 0 Å². The van der Waals surface area contributed by atoms with Crippen molar-refractivity contribution in [2.75, 3.05) is 0 Å². The number of hydrogen-bond donors (Lipinski definition) is 1. The third kappa shape index (κ3) is 6.66. The first-order valence-corrected chi connectivity index (χ1v) is 8.04. The zero-order valence-electron chi connectivity index (χ0n) is 14.2. The Morgan fingerprint density at radius 2 is 1.71 bits per heavy atom. The molecule has 0 fully saturated rings. The molecule has 21 heavy (non-hydrogen) atoms. The highest BCUT2D eigenvalue weighted by molar-refractivity contribution is 5.15.